The predicted molar refractivity (Wildman–Crippen MR) is 58.0 cm³/mol. The normalized spacial score (nSPS) is 10.8. The summed E-state index contributed by atoms with van der Waals surface area (Å²) in [5, 5.41) is 0.653. The van der Waals surface area contributed by atoms with Gasteiger partial charge in [0.1, 0.15) is 0 Å². The van der Waals surface area contributed by atoms with Gasteiger partial charge >= 0.3 is 0 Å². The summed E-state index contributed by atoms with van der Waals surface area (Å²) in [5.74, 6) is -0.382. The molecule has 0 saturated carbocycles. The summed E-state index contributed by atoms with van der Waals surface area (Å²) in [6.45, 7) is 5.65. The molecular formula is C11H9ClFN. The van der Waals surface area contributed by atoms with Gasteiger partial charge < -0.3 is 4.98 Å². The number of aromatic nitrogens is 1. The first kappa shape index (κ1) is 9.28. The molecule has 1 aromatic carbocycles. The summed E-state index contributed by atoms with van der Waals surface area (Å²) >= 11 is 5.67. The smallest absolute Gasteiger partial charge is 0.151 e. The number of hydrogen-bond donors (Lipinski definition) is 1. The van der Waals surface area contributed by atoms with E-state index in [1.54, 1.807) is 12.1 Å². The van der Waals surface area contributed by atoms with Crippen molar-refractivity contribution < 1.29 is 4.39 Å². The first-order chi connectivity index (χ1) is 6.59. The van der Waals surface area contributed by atoms with E-state index in [-0.39, 0.29) is 10.8 Å². The second kappa shape index (κ2) is 3.14. The Bertz CT molecular complexity index is 513. The molecule has 14 heavy (non-hydrogen) atoms. The first-order valence-electron chi connectivity index (χ1n) is 4.22. The molecule has 0 saturated heterocycles. The molecule has 0 bridgehead atoms. The maximum Gasteiger partial charge on any atom is 0.151 e. The monoisotopic (exact) mass is 209 g/mol. The van der Waals surface area contributed by atoms with Gasteiger partial charge in [-0.15, -0.1) is 0 Å². The van der Waals surface area contributed by atoms with Gasteiger partial charge in [-0.25, -0.2) is 4.39 Å². The van der Waals surface area contributed by atoms with Crippen molar-refractivity contribution in [1.29, 1.82) is 0 Å². The number of nitrogens with one attached hydrogen (secondary N) is 1. The fraction of sp³-hybridized carbons (Fsp3) is 0.0909. The molecule has 2 rings (SSSR count). The molecule has 0 amide bonds. The van der Waals surface area contributed by atoms with E-state index in [9.17, 15) is 4.39 Å². The average molecular weight is 210 g/mol. The van der Waals surface area contributed by atoms with Crippen LogP contribution in [0, 0.1) is 5.82 Å². The van der Waals surface area contributed by atoms with Gasteiger partial charge in [0.25, 0.3) is 0 Å². The molecule has 0 fully saturated rings. The van der Waals surface area contributed by atoms with Crippen molar-refractivity contribution in [2.24, 2.45) is 0 Å². The molecule has 2 aromatic rings. The molecule has 0 atom stereocenters. The lowest BCUT2D eigenvalue weighted by molar-refractivity contribution is 0.640. The Morgan fingerprint density at radius 2 is 2.21 bits per heavy atom. The fourth-order valence-corrected chi connectivity index (χ4v) is 1.54. The van der Waals surface area contributed by atoms with Crippen molar-refractivity contribution in [3.63, 3.8) is 0 Å². The molecular weight excluding hydrogens is 201 g/mol. The van der Waals surface area contributed by atoms with Gasteiger partial charge in [0.15, 0.2) is 5.82 Å². The van der Waals surface area contributed by atoms with E-state index >= 15 is 0 Å². The van der Waals surface area contributed by atoms with Crippen LogP contribution in [-0.4, -0.2) is 4.98 Å². The summed E-state index contributed by atoms with van der Waals surface area (Å²) in [5.41, 5.74) is 2.45. The van der Waals surface area contributed by atoms with Crippen LogP contribution in [0.25, 0.3) is 16.5 Å². The highest BCUT2D eigenvalue weighted by molar-refractivity contribution is 6.31. The minimum Gasteiger partial charge on any atom is -0.355 e. The second-order valence-corrected chi connectivity index (χ2v) is 3.69. The quantitative estimate of drug-likeness (QED) is 0.731. The Balaban J connectivity index is 2.77. The highest BCUT2D eigenvalue weighted by Gasteiger charge is 2.08. The highest BCUT2D eigenvalue weighted by Crippen LogP contribution is 2.26. The molecule has 0 aliphatic heterocycles. The van der Waals surface area contributed by atoms with Crippen LogP contribution in [0.3, 0.4) is 0 Å². The number of allylic oxidation sites excluding steroid dienone is 1. The zero-order valence-corrected chi connectivity index (χ0v) is 8.45. The third-order valence-electron chi connectivity index (χ3n) is 2.15. The summed E-state index contributed by atoms with van der Waals surface area (Å²) in [4.78, 5) is 3.06. The molecule has 0 radical (unpaired) electrons. The molecule has 1 heterocycles. The lowest BCUT2D eigenvalue weighted by Crippen LogP contribution is -1.77. The van der Waals surface area contributed by atoms with Crippen LogP contribution in [0.4, 0.5) is 4.39 Å². The van der Waals surface area contributed by atoms with Gasteiger partial charge in [-0.3, -0.25) is 0 Å². The Labute approximate surface area is 86.2 Å². The first-order valence-corrected chi connectivity index (χ1v) is 4.60. The number of benzene rings is 1. The summed E-state index contributed by atoms with van der Waals surface area (Å²) < 4.78 is 13.5. The van der Waals surface area contributed by atoms with Crippen LogP contribution in [0.2, 0.25) is 5.02 Å². The number of H-pyrrole nitrogens is 1. The standard InChI is InChI=1S/C11H9ClFN/c1-6(2)10-5-7-9(14-10)4-3-8(12)11(7)13/h3-5,14H,1H2,2H3. The largest absolute Gasteiger partial charge is 0.355 e. The molecule has 1 nitrogen and oxygen atoms in total. The van der Waals surface area contributed by atoms with Gasteiger partial charge in [0.05, 0.1) is 5.02 Å². The van der Waals surface area contributed by atoms with Crippen LogP contribution in [0.5, 0.6) is 0 Å². The Morgan fingerprint density at radius 3 is 2.86 bits per heavy atom. The highest BCUT2D eigenvalue weighted by atomic mass is 35.5. The maximum absolute atomic E-state index is 13.5. The van der Waals surface area contributed by atoms with Crippen LogP contribution in [-0.2, 0) is 0 Å². The number of aromatic amines is 1. The van der Waals surface area contributed by atoms with Crippen molar-refractivity contribution in [1.82, 2.24) is 4.98 Å². The molecule has 1 N–H and O–H groups in total. The number of halogens is 2. The summed E-state index contributed by atoms with van der Waals surface area (Å²) in [6.07, 6.45) is 0. The minimum atomic E-state index is -0.382. The molecule has 0 aliphatic carbocycles. The van der Waals surface area contributed by atoms with E-state index in [1.807, 2.05) is 6.92 Å². The van der Waals surface area contributed by atoms with Gasteiger partial charge in [-0.1, -0.05) is 18.2 Å². The minimum absolute atomic E-state index is 0.143. The molecule has 3 heteroatoms. The average Bonchev–Trinajstić information content (AvgIpc) is 2.56. The fourth-order valence-electron chi connectivity index (χ4n) is 1.37. The number of rotatable bonds is 1. The number of hydrogen-bond acceptors (Lipinski definition) is 0. The molecule has 1 aromatic heterocycles. The predicted octanol–water partition coefficient (Wildman–Crippen LogP) is 3.99. The zero-order valence-electron chi connectivity index (χ0n) is 7.70. The third-order valence-corrected chi connectivity index (χ3v) is 2.44. The SMILES string of the molecule is C=C(C)c1cc2c(F)c(Cl)ccc2[nH]1. The second-order valence-electron chi connectivity index (χ2n) is 3.29. The lowest BCUT2D eigenvalue weighted by Gasteiger charge is -1.93. The molecule has 0 spiro atoms. The Morgan fingerprint density at radius 1 is 1.50 bits per heavy atom. The Kier molecular flexibility index (Phi) is 2.08. The summed E-state index contributed by atoms with van der Waals surface area (Å²) in [7, 11) is 0. The van der Waals surface area contributed by atoms with Crippen molar-refractivity contribution >= 4 is 28.1 Å². The summed E-state index contributed by atoms with van der Waals surface area (Å²) in [6, 6.07) is 5.02. The maximum atomic E-state index is 13.5. The van der Waals surface area contributed by atoms with Crippen LogP contribution >= 0.6 is 11.6 Å². The van der Waals surface area contributed by atoms with E-state index in [1.165, 1.54) is 6.07 Å². The van der Waals surface area contributed by atoms with Crippen molar-refractivity contribution in [2.75, 3.05) is 0 Å². The van der Waals surface area contributed by atoms with Crippen molar-refractivity contribution in [3.8, 4) is 0 Å². The third kappa shape index (κ3) is 1.32. The van der Waals surface area contributed by atoms with E-state index in [2.05, 4.69) is 11.6 Å². The van der Waals surface area contributed by atoms with E-state index in [0.717, 1.165) is 16.8 Å². The Hall–Kier alpha value is -1.28. The van der Waals surface area contributed by atoms with Gasteiger partial charge in [0.2, 0.25) is 0 Å². The van der Waals surface area contributed by atoms with Crippen LogP contribution in [0.1, 0.15) is 12.6 Å². The van der Waals surface area contributed by atoms with Gasteiger partial charge in [-0.2, -0.15) is 0 Å². The van der Waals surface area contributed by atoms with Gasteiger partial charge in [0, 0.05) is 16.6 Å². The van der Waals surface area contributed by atoms with Crippen LogP contribution in [0.15, 0.2) is 24.8 Å². The van der Waals surface area contributed by atoms with Crippen molar-refractivity contribution in [2.45, 2.75) is 6.92 Å². The topological polar surface area (TPSA) is 15.8 Å². The number of fused-ring (bicyclic) bond motifs is 1. The molecule has 0 unspecified atom stereocenters. The van der Waals surface area contributed by atoms with E-state index < -0.39 is 0 Å². The lowest BCUT2D eigenvalue weighted by atomic mass is 10.2. The van der Waals surface area contributed by atoms with Crippen LogP contribution < -0.4 is 0 Å². The molecule has 72 valence electrons. The zero-order chi connectivity index (χ0) is 10.3. The van der Waals surface area contributed by atoms with Gasteiger partial charge in [-0.05, 0) is 30.7 Å². The van der Waals surface area contributed by atoms with E-state index in [0.29, 0.717) is 5.39 Å². The van der Waals surface area contributed by atoms with Crippen molar-refractivity contribution in [3.05, 3.63) is 41.3 Å². The van der Waals surface area contributed by atoms with E-state index in [4.69, 9.17) is 11.6 Å². The molecule has 0 aliphatic rings.